The van der Waals surface area contributed by atoms with Gasteiger partial charge >= 0.3 is 0 Å². The molecule has 19 heavy (non-hydrogen) atoms. The molecule has 2 rings (SSSR count). The summed E-state index contributed by atoms with van der Waals surface area (Å²) in [5.74, 6) is 0.605. The predicted octanol–water partition coefficient (Wildman–Crippen LogP) is 0.130. The Morgan fingerprint density at radius 2 is 2.32 bits per heavy atom. The maximum atomic E-state index is 9.18. The maximum absolute atomic E-state index is 9.18. The van der Waals surface area contributed by atoms with E-state index in [1.807, 2.05) is 0 Å². The Hall–Kier alpha value is -1.77. The average Bonchev–Trinajstić information content (AvgIpc) is 2.91. The Morgan fingerprint density at radius 3 is 2.95 bits per heavy atom. The third kappa shape index (κ3) is 3.60. The van der Waals surface area contributed by atoms with E-state index in [1.54, 1.807) is 30.4 Å². The Bertz CT molecular complexity index is 521. The minimum absolute atomic E-state index is 0.0512. The van der Waals surface area contributed by atoms with Gasteiger partial charge in [0, 0.05) is 19.5 Å². The first-order valence-corrected chi connectivity index (χ1v) is 5.87. The summed E-state index contributed by atoms with van der Waals surface area (Å²) in [4.78, 5) is 16.0. The molecule has 0 saturated carbocycles. The van der Waals surface area contributed by atoms with Gasteiger partial charge in [0.2, 0.25) is 17.2 Å². The Balaban J connectivity index is 2.21. The molecule has 2 aromatic rings. The van der Waals surface area contributed by atoms with Crippen LogP contribution in [0.1, 0.15) is 0 Å². The topological polar surface area (TPSA) is 98.0 Å². The lowest BCUT2D eigenvalue weighted by molar-refractivity contribution is 0.153. The average molecular weight is 285 g/mol. The number of imidazole rings is 1. The molecule has 0 amide bonds. The van der Waals surface area contributed by atoms with E-state index in [1.165, 1.54) is 0 Å². The van der Waals surface area contributed by atoms with E-state index in [0.29, 0.717) is 12.6 Å². The molecule has 1 atom stereocenters. The maximum Gasteiger partial charge on any atom is 0.241 e. The first-order chi connectivity index (χ1) is 9.22. The minimum atomic E-state index is -0.320. The van der Waals surface area contributed by atoms with Crippen LogP contribution in [0.4, 0.5) is 5.95 Å². The van der Waals surface area contributed by atoms with Crippen molar-refractivity contribution in [3.8, 4) is 5.95 Å². The number of methoxy groups -OCH3 is 1. The third-order valence-electron chi connectivity index (χ3n) is 2.25. The molecule has 2 aromatic heterocycles. The number of aliphatic hydroxyl groups is 1. The second kappa shape index (κ2) is 6.41. The zero-order valence-corrected chi connectivity index (χ0v) is 10.9. The van der Waals surface area contributed by atoms with Gasteiger partial charge in [-0.15, -0.1) is 0 Å². The summed E-state index contributed by atoms with van der Waals surface area (Å²) in [5.41, 5.74) is 0. The van der Waals surface area contributed by atoms with Gasteiger partial charge in [0.05, 0.1) is 19.3 Å². The number of rotatable bonds is 6. The van der Waals surface area contributed by atoms with Crippen molar-refractivity contribution in [3.63, 3.8) is 0 Å². The summed E-state index contributed by atoms with van der Waals surface area (Å²) < 4.78 is 6.56. The van der Waals surface area contributed by atoms with Crippen LogP contribution < -0.4 is 5.32 Å². The van der Waals surface area contributed by atoms with E-state index in [9.17, 15) is 5.11 Å². The zero-order valence-electron chi connectivity index (χ0n) is 10.2. The molecule has 9 heteroatoms. The normalized spacial score (nSPS) is 12.4. The van der Waals surface area contributed by atoms with Crippen LogP contribution >= 0.6 is 11.6 Å². The summed E-state index contributed by atoms with van der Waals surface area (Å²) in [5, 5.41) is 12.1. The first kappa shape index (κ1) is 13.7. The summed E-state index contributed by atoms with van der Waals surface area (Å²) in [7, 11) is 1.54. The molecular weight excluding hydrogens is 272 g/mol. The van der Waals surface area contributed by atoms with Crippen molar-refractivity contribution in [2.24, 2.45) is 0 Å². The molecule has 0 radical (unpaired) electrons. The molecule has 0 aliphatic rings. The number of nitrogens with one attached hydrogen (secondary N) is 1. The van der Waals surface area contributed by atoms with Crippen molar-refractivity contribution in [2.45, 2.75) is 6.04 Å². The molecule has 0 fully saturated rings. The number of aromatic nitrogens is 5. The molecular formula is C10H13ClN6O2. The van der Waals surface area contributed by atoms with Crippen LogP contribution in [-0.2, 0) is 4.74 Å². The largest absolute Gasteiger partial charge is 0.394 e. The molecule has 102 valence electrons. The van der Waals surface area contributed by atoms with Crippen LogP contribution in [0, 0.1) is 0 Å². The molecule has 8 nitrogen and oxygen atoms in total. The van der Waals surface area contributed by atoms with Gasteiger partial charge in [-0.25, -0.2) is 4.98 Å². The van der Waals surface area contributed by atoms with Gasteiger partial charge in [0.25, 0.3) is 0 Å². The molecule has 0 spiro atoms. The lowest BCUT2D eigenvalue weighted by Crippen LogP contribution is -2.30. The fraction of sp³-hybridized carbons (Fsp3) is 0.400. The molecule has 2 heterocycles. The van der Waals surface area contributed by atoms with Crippen molar-refractivity contribution in [1.82, 2.24) is 24.5 Å². The van der Waals surface area contributed by atoms with Gasteiger partial charge in [-0.05, 0) is 11.6 Å². The summed E-state index contributed by atoms with van der Waals surface area (Å²) in [6.45, 7) is 0.206. The van der Waals surface area contributed by atoms with Crippen LogP contribution in [0.5, 0.6) is 0 Å². The summed E-state index contributed by atoms with van der Waals surface area (Å²) >= 11 is 5.84. The molecule has 0 aliphatic carbocycles. The fourth-order valence-electron chi connectivity index (χ4n) is 1.42. The predicted molar refractivity (Wildman–Crippen MR) is 68.3 cm³/mol. The van der Waals surface area contributed by atoms with Crippen molar-refractivity contribution in [2.75, 3.05) is 25.6 Å². The van der Waals surface area contributed by atoms with Gasteiger partial charge < -0.3 is 15.2 Å². The SMILES string of the molecule is COCC(CO)Nc1nc(Cl)nc(-n2ccnc2)n1. The van der Waals surface area contributed by atoms with E-state index in [-0.39, 0.29) is 23.9 Å². The lowest BCUT2D eigenvalue weighted by atomic mass is 10.3. The van der Waals surface area contributed by atoms with E-state index < -0.39 is 0 Å². The van der Waals surface area contributed by atoms with Gasteiger partial charge in [0.15, 0.2) is 0 Å². The van der Waals surface area contributed by atoms with E-state index >= 15 is 0 Å². The number of nitrogens with zero attached hydrogens (tertiary/aromatic N) is 5. The van der Waals surface area contributed by atoms with E-state index in [4.69, 9.17) is 16.3 Å². The zero-order chi connectivity index (χ0) is 13.7. The quantitative estimate of drug-likeness (QED) is 0.778. The van der Waals surface area contributed by atoms with Crippen molar-refractivity contribution in [1.29, 1.82) is 0 Å². The van der Waals surface area contributed by atoms with E-state index in [0.717, 1.165) is 0 Å². The third-order valence-corrected chi connectivity index (χ3v) is 2.42. The van der Waals surface area contributed by atoms with Gasteiger partial charge in [-0.1, -0.05) is 0 Å². The fourth-order valence-corrected chi connectivity index (χ4v) is 1.58. The monoisotopic (exact) mass is 284 g/mol. The van der Waals surface area contributed by atoms with Gasteiger partial charge in [-0.2, -0.15) is 15.0 Å². The van der Waals surface area contributed by atoms with Gasteiger partial charge in [0.1, 0.15) is 6.33 Å². The number of halogens is 1. The number of aliphatic hydroxyl groups excluding tert-OH is 1. The number of ether oxygens (including phenoxy) is 1. The molecule has 1 unspecified atom stereocenters. The Kier molecular flexibility index (Phi) is 4.61. The summed E-state index contributed by atoms with van der Waals surface area (Å²) in [6, 6.07) is -0.320. The summed E-state index contributed by atoms with van der Waals surface area (Å²) in [6.07, 6.45) is 4.84. The number of hydrogen-bond donors (Lipinski definition) is 2. The highest BCUT2D eigenvalue weighted by molar-refractivity contribution is 6.28. The number of anilines is 1. The second-order valence-corrected chi connectivity index (χ2v) is 4.02. The highest BCUT2D eigenvalue weighted by Gasteiger charge is 2.11. The molecule has 0 saturated heterocycles. The molecule has 0 bridgehead atoms. The highest BCUT2D eigenvalue weighted by Crippen LogP contribution is 2.10. The Morgan fingerprint density at radius 1 is 1.47 bits per heavy atom. The molecule has 0 aliphatic heterocycles. The Labute approximate surface area is 114 Å². The second-order valence-electron chi connectivity index (χ2n) is 3.68. The van der Waals surface area contributed by atoms with Crippen molar-refractivity contribution in [3.05, 3.63) is 24.0 Å². The minimum Gasteiger partial charge on any atom is -0.394 e. The van der Waals surface area contributed by atoms with Gasteiger partial charge in [-0.3, -0.25) is 4.57 Å². The van der Waals surface area contributed by atoms with Crippen LogP contribution in [0.3, 0.4) is 0 Å². The van der Waals surface area contributed by atoms with Crippen molar-refractivity contribution >= 4 is 17.5 Å². The lowest BCUT2D eigenvalue weighted by Gasteiger charge is -2.15. The van der Waals surface area contributed by atoms with Crippen LogP contribution in [0.2, 0.25) is 5.28 Å². The van der Waals surface area contributed by atoms with Crippen LogP contribution in [-0.4, -0.2) is 56.0 Å². The highest BCUT2D eigenvalue weighted by atomic mass is 35.5. The molecule has 0 aromatic carbocycles. The van der Waals surface area contributed by atoms with Crippen molar-refractivity contribution < 1.29 is 9.84 Å². The molecule has 2 N–H and O–H groups in total. The van der Waals surface area contributed by atoms with Crippen LogP contribution in [0.15, 0.2) is 18.7 Å². The standard InChI is InChI=1S/C10H13ClN6O2/c1-19-5-7(4-18)13-9-14-8(11)15-10(16-9)17-3-2-12-6-17/h2-3,6-7,18H,4-5H2,1H3,(H,13,14,15,16). The van der Waals surface area contributed by atoms with E-state index in [2.05, 4.69) is 25.3 Å². The number of hydrogen-bond acceptors (Lipinski definition) is 7. The smallest absolute Gasteiger partial charge is 0.241 e. The van der Waals surface area contributed by atoms with Crippen LogP contribution in [0.25, 0.3) is 5.95 Å². The first-order valence-electron chi connectivity index (χ1n) is 5.49.